The van der Waals surface area contributed by atoms with E-state index in [4.69, 9.17) is 21.4 Å². The van der Waals surface area contributed by atoms with Crippen molar-refractivity contribution in [3.8, 4) is 22.6 Å². The summed E-state index contributed by atoms with van der Waals surface area (Å²) < 4.78 is 49.9. The predicted octanol–water partition coefficient (Wildman–Crippen LogP) is 6.83. The molecule has 3 aromatic carbocycles. The molecule has 4 aromatic rings. The van der Waals surface area contributed by atoms with Crippen LogP contribution in [-0.4, -0.2) is 35.3 Å². The summed E-state index contributed by atoms with van der Waals surface area (Å²) in [5.41, 5.74) is -0.168. The maximum absolute atomic E-state index is 14.7. The Morgan fingerprint density at radius 2 is 1.68 bits per heavy atom. The molecule has 0 aliphatic heterocycles. The van der Waals surface area contributed by atoms with Crippen molar-refractivity contribution in [2.24, 2.45) is 5.92 Å². The van der Waals surface area contributed by atoms with E-state index in [-0.39, 0.29) is 29.4 Å². The first-order chi connectivity index (χ1) is 19.0. The Bertz CT molecular complexity index is 1530. The van der Waals surface area contributed by atoms with Gasteiger partial charge in [0.15, 0.2) is 0 Å². The van der Waals surface area contributed by atoms with Crippen molar-refractivity contribution in [2.75, 3.05) is 19.7 Å². The number of carboxylic acid groups (broad SMARTS) is 1. The smallest absolute Gasteiger partial charge is 0.317 e. The minimum Gasteiger partial charge on any atom is -0.493 e. The third-order valence-electron chi connectivity index (χ3n) is 5.41. The number of fused-ring (bicyclic) bond motifs is 1. The van der Waals surface area contributed by atoms with Gasteiger partial charge in [0.05, 0.1) is 23.7 Å². The van der Waals surface area contributed by atoms with E-state index in [1.807, 2.05) is 0 Å². The molecule has 0 bridgehead atoms. The number of aliphatic carboxylic acids is 1. The molecule has 0 saturated heterocycles. The monoisotopic (exact) mass is 574 g/mol. The highest BCUT2D eigenvalue weighted by Crippen LogP contribution is 2.37. The lowest BCUT2D eigenvalue weighted by atomic mass is 9.99. The summed E-state index contributed by atoms with van der Waals surface area (Å²) >= 11 is 6.32. The van der Waals surface area contributed by atoms with Gasteiger partial charge in [0.2, 0.25) is 0 Å². The van der Waals surface area contributed by atoms with Crippen LogP contribution in [0.15, 0.2) is 65.5 Å². The fourth-order valence-corrected chi connectivity index (χ4v) is 4.12. The number of carbonyl (C=O) groups is 1. The van der Waals surface area contributed by atoms with E-state index in [2.05, 4.69) is 26.1 Å². The van der Waals surface area contributed by atoms with Crippen LogP contribution in [0, 0.1) is 23.4 Å². The molecule has 0 amide bonds. The first-order valence-electron chi connectivity index (χ1n) is 12.6. The van der Waals surface area contributed by atoms with E-state index in [0.29, 0.717) is 29.5 Å². The molecule has 0 radical (unpaired) electrons. The molecule has 4 rings (SSSR count). The van der Waals surface area contributed by atoms with Gasteiger partial charge >= 0.3 is 5.97 Å². The number of halogens is 4. The van der Waals surface area contributed by atoms with Gasteiger partial charge in [-0.2, -0.15) is 0 Å². The summed E-state index contributed by atoms with van der Waals surface area (Å²) in [5, 5.41) is 12.0. The first kappa shape index (κ1) is 30.7. The zero-order chi connectivity index (χ0) is 29.4. The van der Waals surface area contributed by atoms with Gasteiger partial charge in [0.1, 0.15) is 28.9 Å². The topological polar surface area (TPSA) is 80.6 Å². The lowest BCUT2D eigenvalue weighted by Gasteiger charge is -2.17. The summed E-state index contributed by atoms with van der Waals surface area (Å²) in [5.74, 6) is -2.28. The number of ether oxygens (including phenoxy) is 1. The van der Waals surface area contributed by atoms with Crippen molar-refractivity contribution in [1.29, 1.82) is 0 Å². The normalized spacial score (nSPS) is 10.9. The molecule has 0 unspecified atom stereocenters. The Labute approximate surface area is 235 Å². The summed E-state index contributed by atoms with van der Waals surface area (Å²) in [6.45, 7) is 6.87. The van der Waals surface area contributed by atoms with Crippen LogP contribution < -0.4 is 15.6 Å². The predicted molar refractivity (Wildman–Crippen MR) is 151 cm³/mol. The number of pyridine rings is 1. The lowest BCUT2D eigenvalue weighted by molar-refractivity contribution is -0.135. The SMILES string of the molecule is CC(C)C.O=C(O)CNCCCOc1cc(-c2ccc(F)cc2Cl)c2ccc(=O)n(-c3c(F)cccc3F)c2c1. The Morgan fingerprint density at radius 3 is 2.30 bits per heavy atom. The van der Waals surface area contributed by atoms with Crippen molar-refractivity contribution in [3.05, 3.63) is 93.5 Å². The molecule has 10 heteroatoms. The van der Waals surface area contributed by atoms with Gasteiger partial charge in [0.25, 0.3) is 5.56 Å². The Hall–Kier alpha value is -3.82. The third kappa shape index (κ3) is 7.86. The quantitative estimate of drug-likeness (QED) is 0.214. The number of carboxylic acids is 1. The zero-order valence-electron chi connectivity index (χ0n) is 22.3. The van der Waals surface area contributed by atoms with Gasteiger partial charge in [-0.05, 0) is 66.9 Å². The Kier molecular flexibility index (Phi) is 10.8. The molecular weight excluding hydrogens is 545 g/mol. The van der Waals surface area contributed by atoms with Crippen molar-refractivity contribution in [3.63, 3.8) is 0 Å². The highest BCUT2D eigenvalue weighted by molar-refractivity contribution is 6.33. The van der Waals surface area contributed by atoms with E-state index < -0.39 is 34.7 Å². The van der Waals surface area contributed by atoms with E-state index in [9.17, 15) is 22.8 Å². The minimum atomic E-state index is -0.982. The van der Waals surface area contributed by atoms with Gasteiger partial charge in [-0.15, -0.1) is 0 Å². The van der Waals surface area contributed by atoms with Crippen molar-refractivity contribution >= 4 is 28.5 Å². The molecule has 0 spiro atoms. The number of benzene rings is 3. The molecule has 40 heavy (non-hydrogen) atoms. The van der Waals surface area contributed by atoms with Crippen LogP contribution in [0.4, 0.5) is 13.2 Å². The number of hydrogen-bond donors (Lipinski definition) is 2. The molecule has 2 N–H and O–H groups in total. The van der Waals surface area contributed by atoms with Crippen LogP contribution in [-0.2, 0) is 4.79 Å². The lowest BCUT2D eigenvalue weighted by Crippen LogP contribution is -2.24. The summed E-state index contributed by atoms with van der Waals surface area (Å²) in [4.78, 5) is 23.5. The number of aromatic nitrogens is 1. The second-order valence-electron chi connectivity index (χ2n) is 9.61. The third-order valence-corrected chi connectivity index (χ3v) is 5.72. The van der Waals surface area contributed by atoms with Gasteiger partial charge < -0.3 is 15.2 Å². The molecule has 6 nitrogen and oxygen atoms in total. The second kappa shape index (κ2) is 14.0. The fourth-order valence-electron chi connectivity index (χ4n) is 3.85. The van der Waals surface area contributed by atoms with Gasteiger partial charge in [-0.3, -0.25) is 14.2 Å². The largest absolute Gasteiger partial charge is 0.493 e. The van der Waals surface area contributed by atoms with Crippen LogP contribution in [0.3, 0.4) is 0 Å². The second-order valence-corrected chi connectivity index (χ2v) is 10.0. The summed E-state index contributed by atoms with van der Waals surface area (Å²) in [6.07, 6.45) is 0.460. The number of rotatable bonds is 9. The minimum absolute atomic E-state index is 0.0983. The molecule has 0 fully saturated rings. The average Bonchev–Trinajstić information content (AvgIpc) is 2.86. The van der Waals surface area contributed by atoms with Gasteiger partial charge in [-0.1, -0.05) is 38.4 Å². The Balaban J connectivity index is 0.00000103. The van der Waals surface area contributed by atoms with E-state index in [1.165, 1.54) is 36.4 Å². The summed E-state index contributed by atoms with van der Waals surface area (Å²) in [7, 11) is 0. The number of nitrogens with zero attached hydrogens (tertiary/aromatic N) is 1. The standard InChI is InChI=1S/C26H20ClF3N2O4.C4H10/c27-20-11-15(28)5-6-17(20)19-12-16(36-10-2-9-31-14-25(34)35)13-23-18(19)7-8-24(33)32(23)26-21(29)3-1-4-22(26)30;1-4(2)3/h1,3-8,11-13,31H,2,9-10,14H2,(H,34,35);4H,1-3H3. The molecular formula is C30H30ClF3N2O4. The molecule has 0 atom stereocenters. The fraction of sp³-hybridized carbons (Fsp3) is 0.267. The highest BCUT2D eigenvalue weighted by Gasteiger charge is 2.19. The van der Waals surface area contributed by atoms with Crippen LogP contribution >= 0.6 is 11.6 Å². The van der Waals surface area contributed by atoms with Crippen LogP contribution in [0.1, 0.15) is 27.2 Å². The molecule has 0 aliphatic carbocycles. The van der Waals surface area contributed by atoms with Crippen molar-refractivity contribution < 1.29 is 27.8 Å². The molecule has 0 saturated carbocycles. The number of nitrogens with one attached hydrogen (secondary N) is 1. The molecule has 212 valence electrons. The molecule has 1 heterocycles. The van der Waals surface area contributed by atoms with Crippen molar-refractivity contribution in [2.45, 2.75) is 27.2 Å². The maximum atomic E-state index is 14.7. The first-order valence-corrected chi connectivity index (χ1v) is 13.0. The van der Waals surface area contributed by atoms with Crippen LogP contribution in [0.25, 0.3) is 27.7 Å². The van der Waals surface area contributed by atoms with Crippen LogP contribution in [0.2, 0.25) is 5.02 Å². The van der Waals surface area contributed by atoms with E-state index >= 15 is 0 Å². The van der Waals surface area contributed by atoms with Crippen molar-refractivity contribution in [1.82, 2.24) is 9.88 Å². The summed E-state index contributed by atoms with van der Waals surface area (Å²) in [6, 6.07) is 12.9. The van der Waals surface area contributed by atoms with Crippen LogP contribution in [0.5, 0.6) is 5.75 Å². The van der Waals surface area contributed by atoms with Gasteiger partial charge in [-0.25, -0.2) is 13.2 Å². The molecule has 1 aromatic heterocycles. The maximum Gasteiger partial charge on any atom is 0.317 e. The van der Waals surface area contributed by atoms with E-state index in [0.717, 1.165) is 28.7 Å². The number of hydrogen-bond acceptors (Lipinski definition) is 4. The number of para-hydroxylation sites is 1. The Morgan fingerprint density at radius 1 is 1.00 bits per heavy atom. The van der Waals surface area contributed by atoms with Gasteiger partial charge in [0, 0.05) is 23.1 Å². The zero-order valence-corrected chi connectivity index (χ0v) is 23.1. The average molecular weight is 575 g/mol. The highest BCUT2D eigenvalue weighted by atomic mass is 35.5. The molecule has 0 aliphatic rings. The van der Waals surface area contributed by atoms with E-state index in [1.54, 1.807) is 6.07 Å².